The third kappa shape index (κ3) is 6.70. The van der Waals surface area contributed by atoms with Gasteiger partial charge in [-0.2, -0.15) is 18.4 Å². The second-order valence-corrected chi connectivity index (χ2v) is 14.3. The highest BCUT2D eigenvalue weighted by atomic mass is 32.1. The number of halogens is 3. The fourth-order valence-electron chi connectivity index (χ4n) is 7.32. The number of aromatic nitrogens is 3. The van der Waals surface area contributed by atoms with Gasteiger partial charge < -0.3 is 20.3 Å². The van der Waals surface area contributed by atoms with Gasteiger partial charge in [-0.1, -0.05) is 24.8 Å². The van der Waals surface area contributed by atoms with Crippen LogP contribution in [-0.2, 0) is 17.8 Å². The number of nitrogens with one attached hydrogen (secondary N) is 2. The number of carbonyl (C=O) groups excluding carboxylic acids is 1. The number of hydrogen-bond acceptors (Lipinski definition) is 8. The lowest BCUT2D eigenvalue weighted by Gasteiger charge is -2.43. The van der Waals surface area contributed by atoms with Gasteiger partial charge >= 0.3 is 6.18 Å². The van der Waals surface area contributed by atoms with Crippen molar-refractivity contribution in [3.05, 3.63) is 94.8 Å². The number of nitriles is 1. The van der Waals surface area contributed by atoms with Crippen molar-refractivity contribution in [2.24, 2.45) is 0 Å². The van der Waals surface area contributed by atoms with Crippen molar-refractivity contribution in [1.29, 1.82) is 5.26 Å². The van der Waals surface area contributed by atoms with E-state index in [1.807, 2.05) is 34.9 Å². The number of carbonyl (C=O) groups is 1. The van der Waals surface area contributed by atoms with Crippen LogP contribution in [0.1, 0.15) is 58.5 Å². The van der Waals surface area contributed by atoms with Gasteiger partial charge in [0.25, 0.3) is 0 Å². The predicted octanol–water partition coefficient (Wildman–Crippen LogP) is 7.22. The molecule has 1 saturated carbocycles. The molecule has 1 saturated heterocycles. The van der Waals surface area contributed by atoms with Crippen molar-refractivity contribution in [1.82, 2.24) is 19.4 Å². The van der Waals surface area contributed by atoms with Gasteiger partial charge in [-0.15, -0.1) is 11.3 Å². The van der Waals surface area contributed by atoms with E-state index < -0.39 is 18.7 Å². The number of anilines is 2. The number of nitrogens with zero attached hydrogens (tertiary/aromatic N) is 5. The van der Waals surface area contributed by atoms with Gasteiger partial charge in [0.1, 0.15) is 28.7 Å². The molecule has 0 spiro atoms. The van der Waals surface area contributed by atoms with Crippen molar-refractivity contribution >= 4 is 49.9 Å². The number of benzene rings is 2. The third-order valence-electron chi connectivity index (χ3n) is 10.00. The lowest BCUT2D eigenvalue weighted by molar-refractivity contribution is -0.126. The van der Waals surface area contributed by atoms with Gasteiger partial charge in [0.05, 0.1) is 24.0 Å². The molecule has 2 aliphatic rings. The average molecular weight is 700 g/mol. The van der Waals surface area contributed by atoms with Crippen LogP contribution in [-0.4, -0.2) is 61.9 Å². The number of hydrogen-bond donors (Lipinski definition) is 3. The molecule has 258 valence electrons. The molecule has 2 fully saturated rings. The van der Waals surface area contributed by atoms with Crippen LogP contribution >= 0.6 is 11.3 Å². The first kappa shape index (κ1) is 33.7. The monoisotopic (exact) mass is 699 g/mol. The van der Waals surface area contributed by atoms with Crippen LogP contribution in [0.5, 0.6) is 0 Å². The summed E-state index contributed by atoms with van der Waals surface area (Å²) in [5, 5.41) is 29.3. The summed E-state index contributed by atoms with van der Waals surface area (Å²) in [6, 6.07) is 17.3. The molecular weight excluding hydrogens is 664 g/mol. The summed E-state index contributed by atoms with van der Waals surface area (Å²) in [5.41, 5.74) is 5.27. The minimum atomic E-state index is -4.27. The number of alkyl halides is 3. The molecule has 3 N–H and O–H groups in total. The van der Waals surface area contributed by atoms with Gasteiger partial charge in [0.15, 0.2) is 0 Å². The Labute approximate surface area is 291 Å². The second-order valence-electron chi connectivity index (χ2n) is 13.2. The lowest BCUT2D eigenvalue weighted by atomic mass is 9.72. The molecule has 1 amide bonds. The fraction of sp³-hybridized carbons (Fsp3) is 0.351. The summed E-state index contributed by atoms with van der Waals surface area (Å²) >= 11 is 1.05. The molecular formula is C37H36F3N7O2S. The molecule has 50 heavy (non-hydrogen) atoms. The SMILES string of the molecule is C=CC(=O)Nc1cccc(C2CC(n3c(C#N)cc4c(C)c(CN5CCC(Nc6ncnc7sc(CC(F)(F)F)cc67)CC5)ccc43)C2O)c1. The Morgan fingerprint density at radius 2 is 1.96 bits per heavy atom. The summed E-state index contributed by atoms with van der Waals surface area (Å²) in [7, 11) is 0. The van der Waals surface area contributed by atoms with Gasteiger partial charge in [-0.3, -0.25) is 9.69 Å². The number of piperidine rings is 1. The molecule has 0 bridgehead atoms. The summed E-state index contributed by atoms with van der Waals surface area (Å²) in [6.45, 7) is 7.99. The largest absolute Gasteiger partial charge is 0.393 e. The fourth-order valence-corrected chi connectivity index (χ4v) is 8.35. The van der Waals surface area contributed by atoms with Crippen LogP contribution in [0.2, 0.25) is 0 Å². The molecule has 13 heteroatoms. The van der Waals surface area contributed by atoms with Crippen molar-refractivity contribution in [2.45, 2.75) is 69.4 Å². The maximum Gasteiger partial charge on any atom is 0.393 e. The molecule has 4 heterocycles. The first-order valence-electron chi connectivity index (χ1n) is 16.6. The lowest BCUT2D eigenvalue weighted by Crippen LogP contribution is -2.42. The second kappa shape index (κ2) is 13.5. The maximum atomic E-state index is 13.0. The normalized spacial score (nSPS) is 20.0. The average Bonchev–Trinajstić information content (AvgIpc) is 3.67. The standard InChI is InChI=1S/C37H36F3N7O2S/c1-3-33(48)44-25-6-4-5-22(13-25)29-16-32(34(29)49)47-26(18-41)14-28-21(2)23(7-8-31(28)47)19-46-11-9-24(10-12-46)45-35-30-15-27(17-37(38,39)40)50-36(30)43-20-42-35/h3-8,13-15,20,24,29,32,34,49H,1,9-12,16-17,19H2,2H3,(H,44,48)(H,42,43,45). The van der Waals surface area contributed by atoms with Gasteiger partial charge in [0.2, 0.25) is 5.91 Å². The van der Waals surface area contributed by atoms with E-state index in [-0.39, 0.29) is 28.8 Å². The van der Waals surface area contributed by atoms with Crippen LogP contribution in [0.15, 0.2) is 67.5 Å². The Kier molecular flexibility index (Phi) is 9.11. The van der Waals surface area contributed by atoms with E-state index in [2.05, 4.69) is 51.1 Å². The molecule has 9 nitrogen and oxygen atoms in total. The molecule has 1 aliphatic carbocycles. The molecule has 2 aromatic carbocycles. The van der Waals surface area contributed by atoms with E-state index in [9.17, 15) is 28.3 Å². The van der Waals surface area contributed by atoms with E-state index >= 15 is 0 Å². The summed E-state index contributed by atoms with van der Waals surface area (Å²) in [6.07, 6.45) is -0.972. The zero-order valence-corrected chi connectivity index (χ0v) is 28.2. The smallest absolute Gasteiger partial charge is 0.390 e. The Morgan fingerprint density at radius 1 is 1.16 bits per heavy atom. The number of aliphatic hydroxyl groups excluding tert-OH is 1. The summed E-state index contributed by atoms with van der Waals surface area (Å²) in [5.74, 6) is 0.151. The van der Waals surface area contributed by atoms with E-state index in [0.29, 0.717) is 33.8 Å². The molecule has 7 rings (SSSR count). The van der Waals surface area contributed by atoms with Gasteiger partial charge in [0, 0.05) is 53.1 Å². The Hall–Kier alpha value is -4.77. The van der Waals surface area contributed by atoms with Gasteiger partial charge in [-0.05, 0) is 79.3 Å². The van der Waals surface area contributed by atoms with Crippen LogP contribution in [0, 0.1) is 18.3 Å². The first-order valence-corrected chi connectivity index (χ1v) is 17.4. The predicted molar refractivity (Wildman–Crippen MR) is 188 cm³/mol. The van der Waals surface area contributed by atoms with Gasteiger partial charge in [-0.25, -0.2) is 9.97 Å². The number of aliphatic hydroxyl groups is 1. The van der Waals surface area contributed by atoms with Crippen LogP contribution in [0.4, 0.5) is 24.7 Å². The molecule has 3 unspecified atom stereocenters. The molecule has 3 aromatic heterocycles. The maximum absolute atomic E-state index is 13.0. The Morgan fingerprint density at radius 3 is 2.68 bits per heavy atom. The topological polar surface area (TPSA) is 119 Å². The molecule has 5 aromatic rings. The summed E-state index contributed by atoms with van der Waals surface area (Å²) < 4.78 is 40.9. The number of fused-ring (bicyclic) bond motifs is 2. The molecule has 3 atom stereocenters. The van der Waals surface area contributed by atoms with E-state index in [1.165, 1.54) is 18.0 Å². The minimum absolute atomic E-state index is 0.125. The van der Waals surface area contributed by atoms with E-state index in [0.717, 1.165) is 65.8 Å². The zero-order valence-electron chi connectivity index (χ0n) is 27.4. The number of likely N-dealkylation sites (tertiary alicyclic amines) is 1. The quantitative estimate of drug-likeness (QED) is 0.139. The highest BCUT2D eigenvalue weighted by molar-refractivity contribution is 7.18. The number of aryl methyl sites for hydroxylation is 1. The van der Waals surface area contributed by atoms with Crippen molar-refractivity contribution in [3.8, 4) is 6.07 Å². The highest BCUT2D eigenvalue weighted by Gasteiger charge is 2.43. The summed E-state index contributed by atoms with van der Waals surface area (Å²) in [4.78, 5) is 23.5. The minimum Gasteiger partial charge on any atom is -0.390 e. The highest BCUT2D eigenvalue weighted by Crippen LogP contribution is 2.47. The zero-order chi connectivity index (χ0) is 35.2. The third-order valence-corrected chi connectivity index (χ3v) is 11.0. The Balaban J connectivity index is 1.01. The van der Waals surface area contributed by atoms with Crippen molar-refractivity contribution in [2.75, 3.05) is 23.7 Å². The molecule has 0 radical (unpaired) electrons. The van der Waals surface area contributed by atoms with Crippen LogP contribution < -0.4 is 10.6 Å². The number of amides is 1. The Bertz CT molecular complexity index is 2130. The van der Waals surface area contributed by atoms with Crippen LogP contribution in [0.25, 0.3) is 21.1 Å². The number of rotatable bonds is 9. The first-order chi connectivity index (χ1) is 24.0. The van der Waals surface area contributed by atoms with Crippen molar-refractivity contribution < 1.29 is 23.1 Å². The van der Waals surface area contributed by atoms with Crippen LogP contribution in [0.3, 0.4) is 0 Å². The van der Waals surface area contributed by atoms with Crippen molar-refractivity contribution in [3.63, 3.8) is 0 Å². The van der Waals surface area contributed by atoms with E-state index in [1.54, 1.807) is 12.1 Å². The number of thiophene rings is 1. The van der Waals surface area contributed by atoms with E-state index in [4.69, 9.17) is 0 Å². The molecule has 1 aliphatic heterocycles.